The predicted molar refractivity (Wildman–Crippen MR) is 69.4 cm³/mol. The van der Waals surface area contributed by atoms with Crippen LogP contribution < -0.4 is 10.1 Å². The molecule has 0 fully saturated rings. The molecule has 1 aromatic rings. The van der Waals surface area contributed by atoms with Gasteiger partial charge in [-0.1, -0.05) is 25.1 Å². The van der Waals surface area contributed by atoms with Crippen LogP contribution in [-0.4, -0.2) is 18.9 Å². The van der Waals surface area contributed by atoms with Gasteiger partial charge in [-0.15, -0.1) is 11.6 Å². The molecule has 0 saturated heterocycles. The molecule has 1 aromatic carbocycles. The van der Waals surface area contributed by atoms with Crippen molar-refractivity contribution in [3.63, 3.8) is 0 Å². The summed E-state index contributed by atoms with van der Waals surface area (Å²) in [5.74, 6) is 0.871. The van der Waals surface area contributed by atoms with E-state index in [1.807, 2.05) is 31.2 Å². The summed E-state index contributed by atoms with van der Waals surface area (Å²) in [7, 11) is 1.62. The van der Waals surface area contributed by atoms with Crippen LogP contribution in [0.1, 0.15) is 25.5 Å². The highest BCUT2D eigenvalue weighted by Gasteiger charge is 2.17. The number of alkyl halides is 1. The molecule has 0 aliphatic heterocycles. The number of benzene rings is 1. The van der Waals surface area contributed by atoms with Crippen LogP contribution in [0, 0.1) is 5.92 Å². The number of para-hydroxylation sites is 1. The summed E-state index contributed by atoms with van der Waals surface area (Å²) in [6, 6.07) is 7.55. The first-order chi connectivity index (χ1) is 8.10. The molecule has 0 heterocycles. The summed E-state index contributed by atoms with van der Waals surface area (Å²) < 4.78 is 5.26. The zero-order valence-electron chi connectivity index (χ0n) is 10.4. The van der Waals surface area contributed by atoms with Gasteiger partial charge in [-0.25, -0.2) is 0 Å². The van der Waals surface area contributed by atoms with Crippen molar-refractivity contribution in [2.24, 2.45) is 5.92 Å². The van der Waals surface area contributed by atoms with Crippen molar-refractivity contribution >= 4 is 17.5 Å². The Morgan fingerprint density at radius 2 is 2.06 bits per heavy atom. The van der Waals surface area contributed by atoms with Gasteiger partial charge in [0.05, 0.1) is 13.2 Å². The Kier molecular flexibility index (Phi) is 5.29. The van der Waals surface area contributed by atoms with Crippen molar-refractivity contribution in [2.75, 3.05) is 13.0 Å². The maximum absolute atomic E-state index is 11.7. The van der Waals surface area contributed by atoms with Gasteiger partial charge in [0.1, 0.15) is 5.75 Å². The van der Waals surface area contributed by atoms with E-state index in [4.69, 9.17) is 16.3 Å². The SMILES string of the molecule is COc1ccccc1[C@H](C)NC(=O)C(C)CCl. The lowest BCUT2D eigenvalue weighted by Gasteiger charge is -2.18. The second kappa shape index (κ2) is 6.50. The van der Waals surface area contributed by atoms with Crippen LogP contribution in [0.15, 0.2) is 24.3 Å². The van der Waals surface area contributed by atoms with Gasteiger partial charge in [-0.05, 0) is 13.0 Å². The van der Waals surface area contributed by atoms with Crippen LogP contribution in [0.3, 0.4) is 0 Å². The van der Waals surface area contributed by atoms with Crippen LogP contribution in [-0.2, 0) is 4.79 Å². The molecule has 2 atom stereocenters. The molecule has 0 spiro atoms. The lowest BCUT2D eigenvalue weighted by atomic mass is 10.1. The number of hydrogen-bond donors (Lipinski definition) is 1. The van der Waals surface area contributed by atoms with Crippen molar-refractivity contribution in [3.8, 4) is 5.75 Å². The number of hydrogen-bond acceptors (Lipinski definition) is 2. The quantitative estimate of drug-likeness (QED) is 0.822. The molecule has 1 unspecified atom stereocenters. The zero-order chi connectivity index (χ0) is 12.8. The number of nitrogens with one attached hydrogen (secondary N) is 1. The summed E-state index contributed by atoms with van der Waals surface area (Å²) >= 11 is 5.65. The molecule has 3 nitrogen and oxygen atoms in total. The van der Waals surface area contributed by atoms with Crippen molar-refractivity contribution < 1.29 is 9.53 Å². The molecule has 94 valence electrons. The minimum atomic E-state index is -0.186. The number of ether oxygens (including phenoxy) is 1. The average molecular weight is 256 g/mol. The van der Waals surface area contributed by atoms with Gasteiger partial charge in [0.15, 0.2) is 0 Å². The van der Waals surface area contributed by atoms with Crippen LogP contribution in [0.4, 0.5) is 0 Å². The Morgan fingerprint density at radius 1 is 1.41 bits per heavy atom. The highest BCUT2D eigenvalue weighted by molar-refractivity contribution is 6.19. The third-order valence-electron chi connectivity index (χ3n) is 2.64. The van der Waals surface area contributed by atoms with E-state index in [1.165, 1.54) is 0 Å². The molecule has 1 amide bonds. The first-order valence-electron chi connectivity index (χ1n) is 5.59. The molecule has 0 aliphatic rings. The summed E-state index contributed by atoms with van der Waals surface area (Å²) in [6.45, 7) is 3.73. The van der Waals surface area contributed by atoms with E-state index in [-0.39, 0.29) is 17.9 Å². The average Bonchev–Trinajstić information content (AvgIpc) is 2.37. The van der Waals surface area contributed by atoms with E-state index in [2.05, 4.69) is 5.32 Å². The summed E-state index contributed by atoms with van der Waals surface area (Å²) in [5, 5.41) is 2.92. The highest BCUT2D eigenvalue weighted by Crippen LogP contribution is 2.24. The molecule has 17 heavy (non-hydrogen) atoms. The maximum Gasteiger partial charge on any atom is 0.224 e. The largest absolute Gasteiger partial charge is 0.496 e. The smallest absolute Gasteiger partial charge is 0.224 e. The van der Waals surface area contributed by atoms with E-state index in [1.54, 1.807) is 14.0 Å². The second-order valence-electron chi connectivity index (χ2n) is 4.03. The van der Waals surface area contributed by atoms with Gasteiger partial charge in [0, 0.05) is 17.4 Å². The summed E-state index contributed by atoms with van der Waals surface area (Å²) in [6.07, 6.45) is 0. The third kappa shape index (κ3) is 3.63. The number of carbonyl (C=O) groups is 1. The molecule has 0 bridgehead atoms. The summed E-state index contributed by atoms with van der Waals surface area (Å²) in [4.78, 5) is 11.7. The molecule has 0 radical (unpaired) electrons. The minimum absolute atomic E-state index is 0.0431. The standard InChI is InChI=1S/C13H18ClNO2/c1-9(8-14)13(16)15-10(2)11-6-4-5-7-12(11)17-3/h4-7,9-10H,8H2,1-3H3,(H,15,16)/t9?,10-/m0/s1. The first-order valence-corrected chi connectivity index (χ1v) is 6.12. The van der Waals surface area contributed by atoms with Gasteiger partial charge < -0.3 is 10.1 Å². The monoisotopic (exact) mass is 255 g/mol. The van der Waals surface area contributed by atoms with E-state index < -0.39 is 0 Å². The van der Waals surface area contributed by atoms with Crippen molar-refractivity contribution in [1.82, 2.24) is 5.32 Å². The molecule has 1 rings (SSSR count). The van der Waals surface area contributed by atoms with Crippen molar-refractivity contribution in [2.45, 2.75) is 19.9 Å². The molecule has 0 aliphatic carbocycles. The Morgan fingerprint density at radius 3 is 2.65 bits per heavy atom. The number of methoxy groups -OCH3 is 1. The van der Waals surface area contributed by atoms with Gasteiger partial charge in [0.25, 0.3) is 0 Å². The van der Waals surface area contributed by atoms with Crippen molar-refractivity contribution in [3.05, 3.63) is 29.8 Å². The predicted octanol–water partition coefficient (Wildman–Crippen LogP) is 2.75. The topological polar surface area (TPSA) is 38.3 Å². The number of halogens is 1. The Balaban J connectivity index is 2.76. The van der Waals surface area contributed by atoms with Crippen molar-refractivity contribution in [1.29, 1.82) is 0 Å². The third-order valence-corrected chi connectivity index (χ3v) is 3.11. The Bertz CT molecular complexity index is 381. The molecule has 1 N–H and O–H groups in total. The molecule has 0 saturated carbocycles. The van der Waals surface area contributed by atoms with Gasteiger partial charge >= 0.3 is 0 Å². The Hall–Kier alpha value is -1.22. The fourth-order valence-electron chi connectivity index (χ4n) is 1.53. The number of amides is 1. The van der Waals surface area contributed by atoms with E-state index in [0.717, 1.165) is 11.3 Å². The van der Waals surface area contributed by atoms with Gasteiger partial charge in [0.2, 0.25) is 5.91 Å². The number of rotatable bonds is 5. The first kappa shape index (κ1) is 13.8. The fourth-order valence-corrected chi connectivity index (χ4v) is 1.67. The summed E-state index contributed by atoms with van der Waals surface area (Å²) in [5.41, 5.74) is 0.963. The highest BCUT2D eigenvalue weighted by atomic mass is 35.5. The van der Waals surface area contributed by atoms with E-state index in [9.17, 15) is 4.79 Å². The maximum atomic E-state index is 11.7. The van der Waals surface area contributed by atoms with Crippen LogP contribution in [0.25, 0.3) is 0 Å². The lowest BCUT2D eigenvalue weighted by Crippen LogP contribution is -2.32. The van der Waals surface area contributed by atoms with Crippen LogP contribution in [0.2, 0.25) is 0 Å². The zero-order valence-corrected chi connectivity index (χ0v) is 11.1. The van der Waals surface area contributed by atoms with E-state index >= 15 is 0 Å². The second-order valence-corrected chi connectivity index (χ2v) is 4.34. The Labute approximate surface area is 107 Å². The molecule has 0 aromatic heterocycles. The lowest BCUT2D eigenvalue weighted by molar-refractivity contribution is -0.124. The number of carbonyl (C=O) groups excluding carboxylic acids is 1. The molecule has 4 heteroatoms. The van der Waals surface area contributed by atoms with Gasteiger partial charge in [-0.3, -0.25) is 4.79 Å². The van der Waals surface area contributed by atoms with Crippen LogP contribution >= 0.6 is 11.6 Å². The fraction of sp³-hybridized carbons (Fsp3) is 0.462. The van der Waals surface area contributed by atoms with E-state index in [0.29, 0.717) is 5.88 Å². The normalized spacial score (nSPS) is 13.9. The minimum Gasteiger partial charge on any atom is -0.496 e. The molecular weight excluding hydrogens is 238 g/mol. The van der Waals surface area contributed by atoms with Crippen LogP contribution in [0.5, 0.6) is 5.75 Å². The molecular formula is C13H18ClNO2. The van der Waals surface area contributed by atoms with Gasteiger partial charge in [-0.2, -0.15) is 0 Å².